The molecule has 0 saturated heterocycles. The van der Waals surface area contributed by atoms with E-state index in [-0.39, 0.29) is 16.9 Å². The molecule has 0 aliphatic rings. The van der Waals surface area contributed by atoms with E-state index in [0.29, 0.717) is 6.07 Å². The number of rotatable bonds is 3. The van der Waals surface area contributed by atoms with Crippen LogP contribution in [0.1, 0.15) is 15.9 Å². The quantitative estimate of drug-likeness (QED) is 0.535. The number of nitrogens with zero attached hydrogens (tertiary/aromatic N) is 1. The molecule has 1 N–H and O–H groups in total. The Kier molecular flexibility index (Phi) is 4.11. The average molecular weight is 310 g/mol. The van der Waals surface area contributed by atoms with E-state index in [0.717, 1.165) is 6.07 Å². The summed E-state index contributed by atoms with van der Waals surface area (Å²) in [7, 11) is 0. The minimum absolute atomic E-state index is 0.0725. The van der Waals surface area contributed by atoms with E-state index in [1.54, 1.807) is 0 Å². The fourth-order valence-electron chi connectivity index (χ4n) is 1.85. The molecule has 0 atom stereocenters. The van der Waals surface area contributed by atoms with Crippen LogP contribution in [-0.4, -0.2) is 10.8 Å². The van der Waals surface area contributed by atoms with Crippen LogP contribution < -0.4 is 5.32 Å². The maximum atomic E-state index is 13.5. The van der Waals surface area contributed by atoms with Crippen LogP contribution in [0.15, 0.2) is 30.3 Å². The van der Waals surface area contributed by atoms with Gasteiger partial charge in [0.1, 0.15) is 0 Å². The first kappa shape index (κ1) is 15.5. The third-order valence-corrected chi connectivity index (χ3v) is 3.03. The van der Waals surface area contributed by atoms with Gasteiger partial charge in [0.25, 0.3) is 11.6 Å². The molecular formula is C14H9F3N2O3. The van der Waals surface area contributed by atoms with Gasteiger partial charge < -0.3 is 5.32 Å². The molecule has 2 aromatic carbocycles. The Hall–Kier alpha value is -2.90. The van der Waals surface area contributed by atoms with Crippen LogP contribution in [-0.2, 0) is 0 Å². The Morgan fingerprint density at radius 2 is 1.82 bits per heavy atom. The second kappa shape index (κ2) is 5.84. The fourth-order valence-corrected chi connectivity index (χ4v) is 1.85. The molecule has 114 valence electrons. The lowest BCUT2D eigenvalue weighted by atomic mass is 10.1. The number of carbonyl (C=O) groups excluding carboxylic acids is 1. The molecular weight excluding hydrogens is 301 g/mol. The number of nitro benzene ring substituents is 1. The summed E-state index contributed by atoms with van der Waals surface area (Å²) in [5.74, 6) is -5.84. The molecule has 2 aromatic rings. The topological polar surface area (TPSA) is 72.2 Å². The van der Waals surface area contributed by atoms with Gasteiger partial charge in [0, 0.05) is 6.07 Å². The van der Waals surface area contributed by atoms with E-state index in [4.69, 9.17) is 0 Å². The Balaban J connectivity index is 2.36. The van der Waals surface area contributed by atoms with Crippen molar-refractivity contribution in [2.75, 3.05) is 5.32 Å². The summed E-state index contributed by atoms with van der Waals surface area (Å²) in [5.41, 5.74) is -0.708. The zero-order valence-corrected chi connectivity index (χ0v) is 11.2. The standard InChI is InChI=1S/C14H9F3N2O3/c1-7-10(3-2-4-11(7)19(21)22)18-14(20)8-5-6-9(15)13(17)12(8)16/h2-6H,1H3,(H,18,20). The second-order valence-corrected chi connectivity index (χ2v) is 4.38. The highest BCUT2D eigenvalue weighted by Gasteiger charge is 2.20. The number of halogens is 3. The maximum Gasteiger partial charge on any atom is 0.274 e. The van der Waals surface area contributed by atoms with Gasteiger partial charge in [0.05, 0.1) is 21.7 Å². The average Bonchev–Trinajstić information content (AvgIpc) is 2.46. The molecule has 0 unspecified atom stereocenters. The molecule has 8 heteroatoms. The molecule has 1 amide bonds. The Bertz CT molecular complexity index is 778. The van der Waals surface area contributed by atoms with Crippen LogP contribution in [0.4, 0.5) is 24.5 Å². The third-order valence-electron chi connectivity index (χ3n) is 3.03. The Labute approximate surface area is 122 Å². The van der Waals surface area contributed by atoms with Crippen molar-refractivity contribution >= 4 is 17.3 Å². The lowest BCUT2D eigenvalue weighted by Crippen LogP contribution is -2.16. The van der Waals surface area contributed by atoms with Gasteiger partial charge in [-0.1, -0.05) is 6.07 Å². The van der Waals surface area contributed by atoms with Crippen LogP contribution in [0.25, 0.3) is 0 Å². The van der Waals surface area contributed by atoms with Crippen molar-refractivity contribution in [2.45, 2.75) is 6.92 Å². The molecule has 0 saturated carbocycles. The zero-order chi connectivity index (χ0) is 16.4. The minimum atomic E-state index is -1.76. The van der Waals surface area contributed by atoms with Crippen LogP contribution >= 0.6 is 0 Å². The largest absolute Gasteiger partial charge is 0.321 e. The highest BCUT2D eigenvalue weighted by atomic mass is 19.2. The second-order valence-electron chi connectivity index (χ2n) is 4.38. The highest BCUT2D eigenvalue weighted by Crippen LogP contribution is 2.26. The molecule has 0 aliphatic carbocycles. The van der Waals surface area contributed by atoms with Crippen LogP contribution in [0.5, 0.6) is 0 Å². The van der Waals surface area contributed by atoms with Crippen molar-refractivity contribution in [3.63, 3.8) is 0 Å². The van der Waals surface area contributed by atoms with Crippen LogP contribution in [0.2, 0.25) is 0 Å². The number of anilines is 1. The Morgan fingerprint density at radius 1 is 1.14 bits per heavy atom. The lowest BCUT2D eigenvalue weighted by Gasteiger charge is -2.09. The first-order valence-corrected chi connectivity index (χ1v) is 6.01. The summed E-state index contributed by atoms with van der Waals surface area (Å²) >= 11 is 0. The fraction of sp³-hybridized carbons (Fsp3) is 0.0714. The summed E-state index contributed by atoms with van der Waals surface area (Å²) in [6.07, 6.45) is 0. The van der Waals surface area contributed by atoms with Gasteiger partial charge >= 0.3 is 0 Å². The minimum Gasteiger partial charge on any atom is -0.321 e. The molecule has 5 nitrogen and oxygen atoms in total. The van der Waals surface area contributed by atoms with E-state index in [1.807, 2.05) is 0 Å². The number of hydrogen-bond acceptors (Lipinski definition) is 3. The van der Waals surface area contributed by atoms with Crippen molar-refractivity contribution in [2.24, 2.45) is 0 Å². The molecule has 0 aromatic heterocycles. The molecule has 0 heterocycles. The van der Waals surface area contributed by atoms with E-state index in [2.05, 4.69) is 5.32 Å². The smallest absolute Gasteiger partial charge is 0.274 e. The monoisotopic (exact) mass is 310 g/mol. The van der Waals surface area contributed by atoms with Gasteiger partial charge in [-0.2, -0.15) is 0 Å². The highest BCUT2D eigenvalue weighted by molar-refractivity contribution is 6.05. The molecule has 0 radical (unpaired) electrons. The molecule has 22 heavy (non-hydrogen) atoms. The number of carbonyl (C=O) groups is 1. The SMILES string of the molecule is Cc1c(NC(=O)c2ccc(F)c(F)c2F)cccc1[N+](=O)[O-]. The first-order chi connectivity index (χ1) is 10.3. The normalized spacial score (nSPS) is 10.4. The number of nitrogens with one attached hydrogen (secondary N) is 1. The third kappa shape index (κ3) is 2.76. The van der Waals surface area contributed by atoms with Gasteiger partial charge in [0.2, 0.25) is 0 Å². The Morgan fingerprint density at radius 3 is 2.45 bits per heavy atom. The van der Waals surface area contributed by atoms with Crippen LogP contribution in [0.3, 0.4) is 0 Å². The van der Waals surface area contributed by atoms with Crippen molar-refractivity contribution in [1.29, 1.82) is 0 Å². The van der Waals surface area contributed by atoms with Crippen molar-refractivity contribution in [3.8, 4) is 0 Å². The zero-order valence-electron chi connectivity index (χ0n) is 11.2. The van der Waals surface area contributed by atoms with Crippen molar-refractivity contribution in [1.82, 2.24) is 0 Å². The van der Waals surface area contributed by atoms with Gasteiger partial charge in [-0.05, 0) is 25.1 Å². The van der Waals surface area contributed by atoms with Gasteiger partial charge in [-0.3, -0.25) is 14.9 Å². The van der Waals surface area contributed by atoms with E-state index in [1.165, 1.54) is 25.1 Å². The lowest BCUT2D eigenvalue weighted by molar-refractivity contribution is -0.385. The molecule has 0 bridgehead atoms. The van der Waals surface area contributed by atoms with Gasteiger partial charge in [0.15, 0.2) is 17.5 Å². The molecule has 0 spiro atoms. The molecule has 0 fully saturated rings. The van der Waals surface area contributed by atoms with E-state index >= 15 is 0 Å². The summed E-state index contributed by atoms with van der Waals surface area (Å²) < 4.78 is 39.5. The van der Waals surface area contributed by atoms with Gasteiger partial charge in [-0.15, -0.1) is 0 Å². The summed E-state index contributed by atoms with van der Waals surface area (Å²) in [5, 5.41) is 13.0. The number of benzene rings is 2. The van der Waals surface area contributed by atoms with Gasteiger partial charge in [-0.25, -0.2) is 13.2 Å². The van der Waals surface area contributed by atoms with E-state index in [9.17, 15) is 28.1 Å². The number of nitro groups is 1. The number of hydrogen-bond donors (Lipinski definition) is 1. The number of amides is 1. The molecule has 0 aliphatic heterocycles. The van der Waals surface area contributed by atoms with Crippen LogP contribution in [0, 0.1) is 34.5 Å². The maximum absolute atomic E-state index is 13.5. The van der Waals surface area contributed by atoms with Crippen molar-refractivity contribution < 1.29 is 22.9 Å². The van der Waals surface area contributed by atoms with E-state index < -0.39 is 33.8 Å². The predicted octanol–water partition coefficient (Wildman–Crippen LogP) is 3.57. The summed E-state index contributed by atoms with van der Waals surface area (Å²) in [6.45, 7) is 1.40. The summed E-state index contributed by atoms with van der Waals surface area (Å²) in [4.78, 5) is 22.1. The first-order valence-electron chi connectivity index (χ1n) is 6.01. The van der Waals surface area contributed by atoms with Crippen molar-refractivity contribution in [3.05, 3.63) is 69.0 Å². The molecule has 2 rings (SSSR count). The predicted molar refractivity (Wildman–Crippen MR) is 72.1 cm³/mol. The summed E-state index contributed by atoms with van der Waals surface area (Å²) in [6, 6.07) is 5.35.